The molecule has 11 heteroatoms. The van der Waals surface area contributed by atoms with E-state index in [1.165, 1.54) is 0 Å². The molecule has 1 aromatic rings. The number of hydrogen-bond acceptors (Lipinski definition) is 6. The van der Waals surface area contributed by atoms with E-state index in [0.29, 0.717) is 0 Å². The van der Waals surface area contributed by atoms with E-state index in [2.05, 4.69) is 56.5 Å². The normalized spacial score (nSPS) is 31.7. The first-order chi connectivity index (χ1) is 14.7. The lowest BCUT2D eigenvalue weighted by Gasteiger charge is -2.51. The van der Waals surface area contributed by atoms with Gasteiger partial charge in [-0.3, -0.25) is 5.41 Å². The zero-order valence-corrected chi connectivity index (χ0v) is 24.0. The standard InChI is InChI=1S/C21H29Cl3INO5Si/c1-20(2,3)32(4,5)31-16-14(25)18(30-19(26)21(22,23)24)28-13-11-27-17(29-15(13)16)12-9-7-6-8-10-12/h6-10,13-18,26H,11H2,1-5H3/t13-,14-,15-,16-,17?,18-/m1/s1. The lowest BCUT2D eigenvalue weighted by Crippen LogP contribution is -2.64. The van der Waals surface area contributed by atoms with Crippen molar-refractivity contribution >= 4 is 71.6 Å². The van der Waals surface area contributed by atoms with Crippen LogP contribution in [0.1, 0.15) is 32.6 Å². The number of fused-ring (bicyclic) bond motifs is 1. The van der Waals surface area contributed by atoms with Crippen molar-refractivity contribution in [2.45, 2.75) is 77.5 Å². The third kappa shape index (κ3) is 6.12. The van der Waals surface area contributed by atoms with Crippen molar-refractivity contribution in [3.63, 3.8) is 0 Å². The minimum Gasteiger partial charge on any atom is -0.447 e. The van der Waals surface area contributed by atoms with Gasteiger partial charge in [0.1, 0.15) is 16.1 Å². The molecule has 0 radical (unpaired) electrons. The van der Waals surface area contributed by atoms with Gasteiger partial charge in [0.15, 0.2) is 14.6 Å². The maximum Gasteiger partial charge on any atom is 0.265 e. The van der Waals surface area contributed by atoms with Crippen LogP contribution in [0.2, 0.25) is 18.1 Å². The molecule has 2 saturated heterocycles. The summed E-state index contributed by atoms with van der Waals surface area (Å²) in [5.41, 5.74) is 0.929. The Morgan fingerprint density at radius 2 is 1.75 bits per heavy atom. The summed E-state index contributed by atoms with van der Waals surface area (Å²) in [5, 5.41) is 7.98. The van der Waals surface area contributed by atoms with Gasteiger partial charge in [0.25, 0.3) is 3.79 Å². The Morgan fingerprint density at radius 3 is 2.31 bits per heavy atom. The lowest BCUT2D eigenvalue weighted by molar-refractivity contribution is -0.323. The van der Waals surface area contributed by atoms with Crippen LogP contribution in [-0.2, 0) is 23.4 Å². The Hall–Kier alpha value is 0.347. The zero-order valence-electron chi connectivity index (χ0n) is 18.6. The van der Waals surface area contributed by atoms with Gasteiger partial charge in [-0.25, -0.2) is 0 Å². The van der Waals surface area contributed by atoms with Crippen LogP contribution in [0.15, 0.2) is 30.3 Å². The van der Waals surface area contributed by atoms with E-state index in [-0.39, 0.29) is 27.8 Å². The summed E-state index contributed by atoms with van der Waals surface area (Å²) in [6.45, 7) is 11.2. The molecule has 0 aromatic heterocycles. The van der Waals surface area contributed by atoms with E-state index in [1.54, 1.807) is 0 Å². The van der Waals surface area contributed by atoms with Crippen molar-refractivity contribution in [2.75, 3.05) is 6.61 Å². The summed E-state index contributed by atoms with van der Waals surface area (Å²) >= 11 is 19.7. The van der Waals surface area contributed by atoms with Crippen LogP contribution in [0.4, 0.5) is 0 Å². The van der Waals surface area contributed by atoms with Crippen LogP contribution in [-0.4, -0.2) is 53.1 Å². The fourth-order valence-corrected chi connectivity index (χ4v) is 5.84. The van der Waals surface area contributed by atoms with Gasteiger partial charge in [-0.2, -0.15) is 0 Å². The summed E-state index contributed by atoms with van der Waals surface area (Å²) < 4.78 is 28.6. The molecule has 1 aromatic carbocycles. The van der Waals surface area contributed by atoms with Crippen LogP contribution >= 0.6 is 57.4 Å². The number of alkyl halides is 4. The van der Waals surface area contributed by atoms with Crippen LogP contribution in [0, 0.1) is 5.41 Å². The maximum absolute atomic E-state index is 7.99. The third-order valence-corrected chi connectivity index (χ3v) is 12.4. The van der Waals surface area contributed by atoms with Gasteiger partial charge in [-0.15, -0.1) is 0 Å². The second-order valence-corrected chi connectivity index (χ2v) is 17.9. The molecule has 32 heavy (non-hydrogen) atoms. The minimum atomic E-state index is -2.19. The summed E-state index contributed by atoms with van der Waals surface area (Å²) in [6, 6.07) is 9.78. The van der Waals surface area contributed by atoms with Crippen molar-refractivity contribution < 1.29 is 23.4 Å². The molecule has 0 aliphatic carbocycles. The number of rotatable bonds is 4. The molecule has 1 N–H and O–H groups in total. The number of benzene rings is 1. The predicted octanol–water partition coefficient (Wildman–Crippen LogP) is 6.38. The molecule has 2 fully saturated rings. The van der Waals surface area contributed by atoms with Crippen molar-refractivity contribution in [2.24, 2.45) is 0 Å². The summed E-state index contributed by atoms with van der Waals surface area (Å²) in [6.07, 6.45) is -2.57. The Morgan fingerprint density at radius 1 is 1.12 bits per heavy atom. The summed E-state index contributed by atoms with van der Waals surface area (Å²) in [4.78, 5) is 0. The molecule has 6 atom stereocenters. The van der Waals surface area contributed by atoms with Crippen LogP contribution in [0.5, 0.6) is 0 Å². The second kappa shape index (κ2) is 10.1. The molecule has 180 valence electrons. The van der Waals surface area contributed by atoms with Crippen LogP contribution in [0.25, 0.3) is 0 Å². The molecule has 2 aliphatic rings. The smallest absolute Gasteiger partial charge is 0.265 e. The topological polar surface area (TPSA) is 70.0 Å². The molecule has 0 spiro atoms. The van der Waals surface area contributed by atoms with Crippen LogP contribution in [0.3, 0.4) is 0 Å². The van der Waals surface area contributed by atoms with E-state index in [0.717, 1.165) is 5.56 Å². The molecular weight excluding hydrogens is 608 g/mol. The molecule has 6 nitrogen and oxygen atoms in total. The van der Waals surface area contributed by atoms with Gasteiger partial charge in [-0.05, 0) is 18.1 Å². The SMILES string of the molecule is CC(C)(C)[Si](C)(C)O[C@@H]1[C@@H](I)[C@@H](OC(=N)C(Cl)(Cl)Cl)O[C@@H]2COC(c3ccccc3)O[C@@H]12. The number of hydrogen-bond donors (Lipinski definition) is 1. The van der Waals surface area contributed by atoms with E-state index >= 15 is 0 Å². The minimum absolute atomic E-state index is 0.0121. The van der Waals surface area contributed by atoms with Gasteiger partial charge in [0.2, 0.25) is 12.2 Å². The first kappa shape index (κ1) is 26.9. The second-order valence-electron chi connectivity index (χ2n) is 9.45. The average molecular weight is 637 g/mol. The Bertz CT molecular complexity index is 805. The Balaban J connectivity index is 1.88. The summed E-state index contributed by atoms with van der Waals surface area (Å²) in [7, 11) is -2.19. The first-order valence-corrected chi connectivity index (χ1v) is 15.6. The van der Waals surface area contributed by atoms with E-state index in [1.807, 2.05) is 30.3 Å². The van der Waals surface area contributed by atoms with Crippen molar-refractivity contribution in [1.29, 1.82) is 5.41 Å². The van der Waals surface area contributed by atoms with E-state index in [4.69, 9.17) is 63.6 Å². The highest BCUT2D eigenvalue weighted by Crippen LogP contribution is 2.44. The Labute approximate surface area is 219 Å². The molecule has 2 aliphatic heterocycles. The monoisotopic (exact) mass is 635 g/mol. The van der Waals surface area contributed by atoms with E-state index in [9.17, 15) is 0 Å². The number of nitrogens with one attached hydrogen (secondary N) is 1. The van der Waals surface area contributed by atoms with Gasteiger partial charge in [0, 0.05) is 5.56 Å². The summed E-state index contributed by atoms with van der Waals surface area (Å²) in [5.74, 6) is -0.501. The van der Waals surface area contributed by atoms with Gasteiger partial charge in [-0.1, -0.05) is 108 Å². The highest BCUT2D eigenvalue weighted by atomic mass is 127. The van der Waals surface area contributed by atoms with Gasteiger partial charge < -0.3 is 23.4 Å². The number of ether oxygens (including phenoxy) is 4. The fourth-order valence-electron chi connectivity index (χ4n) is 3.25. The molecule has 2 heterocycles. The molecule has 0 amide bonds. The molecule has 0 bridgehead atoms. The lowest BCUT2D eigenvalue weighted by atomic mass is 10.00. The largest absolute Gasteiger partial charge is 0.447 e. The van der Waals surface area contributed by atoms with Crippen LogP contribution < -0.4 is 0 Å². The first-order valence-electron chi connectivity index (χ1n) is 10.3. The van der Waals surface area contributed by atoms with Crippen molar-refractivity contribution in [3.05, 3.63) is 35.9 Å². The predicted molar refractivity (Wildman–Crippen MR) is 138 cm³/mol. The van der Waals surface area contributed by atoms with Crippen molar-refractivity contribution in [1.82, 2.24) is 0 Å². The highest BCUT2D eigenvalue weighted by molar-refractivity contribution is 14.1. The molecule has 0 saturated carbocycles. The van der Waals surface area contributed by atoms with Gasteiger partial charge >= 0.3 is 0 Å². The van der Waals surface area contributed by atoms with Crippen molar-refractivity contribution in [3.8, 4) is 0 Å². The van der Waals surface area contributed by atoms with E-state index < -0.39 is 36.7 Å². The maximum atomic E-state index is 7.99. The molecular formula is C21H29Cl3INO5Si. The zero-order chi connectivity index (χ0) is 23.9. The molecule has 1 unspecified atom stereocenters. The average Bonchev–Trinajstić information content (AvgIpc) is 2.69. The molecule has 3 rings (SSSR count). The van der Waals surface area contributed by atoms with Gasteiger partial charge in [0.05, 0.1) is 12.7 Å². The number of halogens is 4. The highest BCUT2D eigenvalue weighted by Gasteiger charge is 2.54. The quantitative estimate of drug-likeness (QED) is 0.137. The Kier molecular flexibility index (Phi) is 8.54. The fraction of sp³-hybridized carbons (Fsp3) is 0.667. The third-order valence-electron chi connectivity index (χ3n) is 6.07.